The highest BCUT2D eigenvalue weighted by Gasteiger charge is 2.48. The Morgan fingerprint density at radius 3 is 2.55 bits per heavy atom. The van der Waals surface area contributed by atoms with Crippen molar-refractivity contribution in [1.82, 2.24) is 0 Å². The first-order valence-corrected chi connectivity index (χ1v) is 7.81. The molecule has 6 atom stereocenters. The van der Waals surface area contributed by atoms with Gasteiger partial charge >= 0.3 is 0 Å². The number of epoxide rings is 1. The Morgan fingerprint density at radius 2 is 1.95 bits per heavy atom. The summed E-state index contributed by atoms with van der Waals surface area (Å²) in [6.07, 6.45) is -0.247. The van der Waals surface area contributed by atoms with Crippen molar-refractivity contribution in [3.05, 3.63) is 29.8 Å². The summed E-state index contributed by atoms with van der Waals surface area (Å²) < 4.78 is 22.7. The minimum Gasteiger partial charge on any atom is -0.497 e. The van der Waals surface area contributed by atoms with E-state index < -0.39 is 0 Å². The Bertz CT molecular complexity index is 488. The van der Waals surface area contributed by atoms with E-state index in [9.17, 15) is 0 Å². The summed E-state index contributed by atoms with van der Waals surface area (Å²) in [5.41, 5.74) is 0.986. The van der Waals surface area contributed by atoms with Crippen LogP contribution in [0.2, 0.25) is 0 Å². The van der Waals surface area contributed by atoms with Crippen LogP contribution in [0, 0.1) is 11.8 Å². The van der Waals surface area contributed by atoms with Gasteiger partial charge in [-0.25, -0.2) is 0 Å². The average Bonchev–Trinajstić information content (AvgIpc) is 3.34. The summed E-state index contributed by atoms with van der Waals surface area (Å²) in [7, 11) is 1.65. The van der Waals surface area contributed by atoms with E-state index in [2.05, 4.69) is 13.8 Å². The third-order valence-corrected chi connectivity index (χ3v) is 4.58. The largest absolute Gasteiger partial charge is 0.497 e. The Balaban J connectivity index is 1.67. The second-order valence-corrected chi connectivity index (χ2v) is 6.20. The molecule has 0 amide bonds. The van der Waals surface area contributed by atoms with Gasteiger partial charge in [0.25, 0.3) is 0 Å². The molecule has 2 saturated heterocycles. The lowest BCUT2D eigenvalue weighted by Crippen LogP contribution is -2.41. The monoisotopic (exact) mass is 308 g/mol. The molecule has 2 heterocycles. The van der Waals surface area contributed by atoms with Crippen LogP contribution in [0.1, 0.15) is 25.7 Å². The minimum atomic E-state index is -0.360. The fourth-order valence-corrected chi connectivity index (χ4v) is 3.18. The smallest absolute Gasteiger partial charge is 0.184 e. The van der Waals surface area contributed by atoms with Crippen LogP contribution in [0.25, 0.3) is 0 Å². The molecule has 0 saturated carbocycles. The van der Waals surface area contributed by atoms with E-state index in [1.165, 1.54) is 0 Å². The van der Waals surface area contributed by atoms with Crippen molar-refractivity contribution in [3.8, 4) is 5.75 Å². The van der Waals surface area contributed by atoms with Crippen LogP contribution in [0.15, 0.2) is 24.3 Å². The SMILES string of the molecule is COc1ccc([C@@H]2OC[C@H](C)[C@H]([C@@H](C)[C@H]3O[C@@H]3CO)O2)cc1. The fourth-order valence-electron chi connectivity index (χ4n) is 3.18. The maximum absolute atomic E-state index is 9.17. The van der Waals surface area contributed by atoms with Crippen molar-refractivity contribution >= 4 is 0 Å². The lowest BCUT2D eigenvalue weighted by Gasteiger charge is -2.38. The third kappa shape index (κ3) is 3.13. The van der Waals surface area contributed by atoms with Gasteiger partial charge in [0.1, 0.15) is 11.9 Å². The third-order valence-electron chi connectivity index (χ3n) is 4.58. The van der Waals surface area contributed by atoms with Crippen molar-refractivity contribution in [3.63, 3.8) is 0 Å². The summed E-state index contributed by atoms with van der Waals surface area (Å²) in [4.78, 5) is 0. The van der Waals surface area contributed by atoms with Crippen molar-refractivity contribution < 1.29 is 24.1 Å². The van der Waals surface area contributed by atoms with Gasteiger partial charge in [-0.2, -0.15) is 0 Å². The molecular weight excluding hydrogens is 284 g/mol. The number of rotatable bonds is 5. The van der Waals surface area contributed by atoms with Gasteiger partial charge in [0.05, 0.1) is 32.5 Å². The van der Waals surface area contributed by atoms with Gasteiger partial charge in [-0.1, -0.05) is 26.0 Å². The molecule has 3 rings (SSSR count). The van der Waals surface area contributed by atoms with Crippen LogP contribution in [0.4, 0.5) is 0 Å². The van der Waals surface area contributed by atoms with Gasteiger partial charge in [0, 0.05) is 17.4 Å². The molecule has 0 spiro atoms. The highest BCUT2D eigenvalue weighted by Crippen LogP contribution is 2.39. The summed E-state index contributed by atoms with van der Waals surface area (Å²) in [6, 6.07) is 7.74. The van der Waals surface area contributed by atoms with Gasteiger partial charge < -0.3 is 24.1 Å². The summed E-state index contributed by atoms with van der Waals surface area (Å²) >= 11 is 0. The maximum atomic E-state index is 9.17. The van der Waals surface area contributed by atoms with Gasteiger partial charge in [-0.15, -0.1) is 0 Å². The topological polar surface area (TPSA) is 60.5 Å². The van der Waals surface area contributed by atoms with Crippen LogP contribution in [0.5, 0.6) is 5.75 Å². The van der Waals surface area contributed by atoms with E-state index in [4.69, 9.17) is 24.1 Å². The van der Waals surface area contributed by atoms with Gasteiger partial charge in [0.15, 0.2) is 6.29 Å². The van der Waals surface area contributed by atoms with E-state index in [0.717, 1.165) is 11.3 Å². The molecule has 1 aromatic rings. The van der Waals surface area contributed by atoms with E-state index in [-0.39, 0.29) is 37.1 Å². The molecule has 0 aromatic heterocycles. The van der Waals surface area contributed by atoms with E-state index >= 15 is 0 Å². The number of benzene rings is 1. The van der Waals surface area contributed by atoms with E-state index in [1.54, 1.807) is 7.11 Å². The molecular formula is C17H24O5. The molecule has 5 nitrogen and oxygen atoms in total. The minimum absolute atomic E-state index is 0.0342. The summed E-state index contributed by atoms with van der Waals surface area (Å²) in [6.45, 7) is 4.98. The zero-order valence-electron chi connectivity index (χ0n) is 13.3. The number of hydrogen-bond donors (Lipinski definition) is 1. The van der Waals surface area contributed by atoms with Gasteiger partial charge in [0.2, 0.25) is 0 Å². The highest BCUT2D eigenvalue weighted by atomic mass is 16.7. The molecule has 22 heavy (non-hydrogen) atoms. The molecule has 1 aromatic carbocycles. The second kappa shape index (κ2) is 6.54. The first-order chi connectivity index (χ1) is 10.6. The standard InChI is InChI=1S/C17H24O5/c1-10-9-20-17(12-4-6-13(19-3)7-5-12)22-15(10)11(2)16-14(8-18)21-16/h4-7,10-11,14-18H,8-9H2,1-3H3/t10-,11+,14+,15+,16+,17+/m0/s1. The van der Waals surface area contributed by atoms with Crippen molar-refractivity contribution in [2.75, 3.05) is 20.3 Å². The lowest BCUT2D eigenvalue weighted by molar-refractivity contribution is -0.250. The molecule has 2 aliphatic heterocycles. The van der Waals surface area contributed by atoms with E-state index in [1.807, 2.05) is 24.3 Å². The number of hydrogen-bond acceptors (Lipinski definition) is 5. The van der Waals surface area contributed by atoms with Crippen LogP contribution in [-0.2, 0) is 14.2 Å². The number of aliphatic hydroxyl groups is 1. The van der Waals surface area contributed by atoms with Crippen LogP contribution < -0.4 is 4.74 Å². The van der Waals surface area contributed by atoms with Crippen LogP contribution >= 0.6 is 0 Å². The Labute approximate surface area is 131 Å². The molecule has 0 unspecified atom stereocenters. The molecule has 2 fully saturated rings. The van der Waals surface area contributed by atoms with Crippen molar-refractivity contribution in [2.45, 2.75) is 38.4 Å². The Morgan fingerprint density at radius 1 is 1.23 bits per heavy atom. The molecule has 0 aliphatic carbocycles. The quantitative estimate of drug-likeness (QED) is 0.845. The number of ether oxygens (including phenoxy) is 4. The first-order valence-electron chi connectivity index (χ1n) is 7.81. The highest BCUT2D eigenvalue weighted by molar-refractivity contribution is 5.28. The van der Waals surface area contributed by atoms with Gasteiger partial charge in [-0.3, -0.25) is 0 Å². The normalized spacial score (nSPS) is 35.9. The maximum Gasteiger partial charge on any atom is 0.184 e. The zero-order chi connectivity index (χ0) is 15.7. The Hall–Kier alpha value is -1.14. The van der Waals surface area contributed by atoms with Crippen LogP contribution in [-0.4, -0.2) is 43.7 Å². The second-order valence-electron chi connectivity index (χ2n) is 6.20. The summed E-state index contributed by atoms with van der Waals surface area (Å²) in [5, 5.41) is 9.17. The summed E-state index contributed by atoms with van der Waals surface area (Å²) in [5.74, 6) is 1.35. The predicted molar refractivity (Wildman–Crippen MR) is 80.6 cm³/mol. The predicted octanol–water partition coefficient (Wildman–Crippen LogP) is 2.14. The Kier molecular flexibility index (Phi) is 4.68. The van der Waals surface area contributed by atoms with Crippen molar-refractivity contribution in [2.24, 2.45) is 11.8 Å². The lowest BCUT2D eigenvalue weighted by atomic mass is 9.89. The fraction of sp³-hybridized carbons (Fsp3) is 0.647. The number of methoxy groups -OCH3 is 1. The molecule has 122 valence electrons. The molecule has 0 radical (unpaired) electrons. The van der Waals surface area contributed by atoms with Crippen LogP contribution in [0.3, 0.4) is 0 Å². The zero-order valence-corrected chi connectivity index (χ0v) is 13.3. The average molecular weight is 308 g/mol. The first kappa shape index (κ1) is 15.7. The molecule has 1 N–H and O–H groups in total. The number of aliphatic hydroxyl groups excluding tert-OH is 1. The van der Waals surface area contributed by atoms with E-state index in [0.29, 0.717) is 12.5 Å². The van der Waals surface area contributed by atoms with Gasteiger partial charge in [-0.05, 0) is 12.1 Å². The molecule has 5 heteroatoms. The molecule has 0 bridgehead atoms. The van der Waals surface area contributed by atoms with Crippen molar-refractivity contribution in [1.29, 1.82) is 0 Å². The molecule has 2 aliphatic rings.